The lowest BCUT2D eigenvalue weighted by atomic mass is 9.82. The average Bonchev–Trinajstić information content (AvgIpc) is 2.72. The zero-order chi connectivity index (χ0) is 14.0. The van der Waals surface area contributed by atoms with E-state index in [1.165, 1.54) is 0 Å². The highest BCUT2D eigenvalue weighted by atomic mass is 16.4. The molecule has 0 radical (unpaired) electrons. The Hall–Kier alpha value is -0.755. The first-order valence-electron chi connectivity index (χ1n) is 6.11. The van der Waals surface area contributed by atoms with E-state index in [1.807, 2.05) is 5.01 Å². The van der Waals surface area contributed by atoms with E-state index in [0.717, 1.165) is 38.8 Å². The molecular formula is C10H22BN3O4. The van der Waals surface area contributed by atoms with Crippen LogP contribution in [0.1, 0.15) is 25.7 Å². The van der Waals surface area contributed by atoms with Crippen LogP contribution < -0.4 is 11.6 Å². The summed E-state index contributed by atoms with van der Waals surface area (Å²) in [6.07, 6.45) is 4.51. The van der Waals surface area contributed by atoms with Gasteiger partial charge in [0.25, 0.3) is 0 Å². The van der Waals surface area contributed by atoms with Crippen molar-refractivity contribution in [1.29, 1.82) is 0 Å². The van der Waals surface area contributed by atoms with Crippen molar-refractivity contribution in [2.75, 3.05) is 13.1 Å². The highest BCUT2D eigenvalue weighted by Crippen LogP contribution is 2.19. The zero-order valence-corrected chi connectivity index (χ0v) is 10.5. The summed E-state index contributed by atoms with van der Waals surface area (Å²) in [6, 6.07) is 0.203. The molecule has 0 saturated carbocycles. The van der Waals surface area contributed by atoms with Gasteiger partial charge >= 0.3 is 13.3 Å². The van der Waals surface area contributed by atoms with Crippen LogP contribution in [0.15, 0.2) is 0 Å². The Morgan fingerprint density at radius 1 is 1.39 bits per heavy atom. The molecule has 0 aromatic rings. The third-order valence-corrected chi connectivity index (χ3v) is 3.11. The largest absolute Gasteiger partial charge is 0.451 e. The van der Waals surface area contributed by atoms with E-state index < -0.39 is 7.12 Å². The topological polar surface area (TPSA) is 130 Å². The van der Waals surface area contributed by atoms with E-state index in [4.69, 9.17) is 31.2 Å². The number of unbranched alkanes of at least 4 members (excludes halogenated alkanes) is 1. The van der Waals surface area contributed by atoms with Crippen molar-refractivity contribution in [2.45, 2.75) is 38.0 Å². The molecule has 0 aromatic heterocycles. The number of hydrogen-bond donors (Lipinski definition) is 4. The summed E-state index contributed by atoms with van der Waals surface area (Å²) in [5.74, 6) is 6.18. The number of hydrazine groups is 1. The molecule has 1 rings (SSSR count). The molecule has 2 atom stereocenters. The van der Waals surface area contributed by atoms with Crippen LogP contribution >= 0.6 is 0 Å². The van der Waals surface area contributed by atoms with Crippen LogP contribution in [0.25, 0.3) is 0 Å². The second-order valence-corrected chi connectivity index (χ2v) is 4.56. The number of nitrogens with zero attached hydrogens (tertiary/aromatic N) is 1. The predicted octanol–water partition coefficient (Wildman–Crippen LogP) is -1.43. The minimum atomic E-state index is -1.17. The summed E-state index contributed by atoms with van der Waals surface area (Å²) >= 11 is 0. The second-order valence-electron chi connectivity index (χ2n) is 4.56. The van der Waals surface area contributed by atoms with Crippen LogP contribution in [0.2, 0.25) is 6.32 Å². The standard InChI is InChI=1S/C9H22BN3O2.CO2/c11-9(3-1-2-5-10(14)15)8-4-6-13(12)7-8;2-1-3/h8-9,14-15H,1-7,11-12H2;/t8-,9?;/m1./s1. The van der Waals surface area contributed by atoms with Crippen molar-refractivity contribution in [3.63, 3.8) is 0 Å². The highest BCUT2D eigenvalue weighted by molar-refractivity contribution is 6.40. The van der Waals surface area contributed by atoms with Crippen molar-refractivity contribution in [3.05, 3.63) is 0 Å². The van der Waals surface area contributed by atoms with Gasteiger partial charge in [-0.05, 0) is 25.1 Å². The van der Waals surface area contributed by atoms with Gasteiger partial charge in [0.05, 0.1) is 0 Å². The fourth-order valence-electron chi connectivity index (χ4n) is 2.11. The van der Waals surface area contributed by atoms with Crippen LogP contribution in [-0.4, -0.2) is 47.5 Å². The van der Waals surface area contributed by atoms with Crippen molar-refractivity contribution in [1.82, 2.24) is 5.01 Å². The van der Waals surface area contributed by atoms with Gasteiger partial charge in [0.1, 0.15) is 0 Å². The predicted molar refractivity (Wildman–Crippen MR) is 65.7 cm³/mol. The molecule has 0 aromatic carbocycles. The lowest BCUT2D eigenvalue weighted by Crippen LogP contribution is -2.34. The van der Waals surface area contributed by atoms with Crippen molar-refractivity contribution in [2.24, 2.45) is 17.5 Å². The molecule has 0 bridgehead atoms. The molecule has 7 nitrogen and oxygen atoms in total. The minimum Gasteiger partial charge on any atom is -0.427 e. The van der Waals surface area contributed by atoms with Gasteiger partial charge in [-0.3, -0.25) is 5.84 Å². The molecule has 1 unspecified atom stereocenters. The summed E-state index contributed by atoms with van der Waals surface area (Å²) in [4.78, 5) is 16.2. The molecule has 0 aliphatic carbocycles. The molecule has 1 saturated heterocycles. The maximum absolute atomic E-state index is 8.66. The van der Waals surface area contributed by atoms with Crippen LogP contribution in [0.3, 0.4) is 0 Å². The lowest BCUT2D eigenvalue weighted by Gasteiger charge is -2.18. The molecule has 1 fully saturated rings. The minimum absolute atomic E-state index is 0.203. The van der Waals surface area contributed by atoms with E-state index in [-0.39, 0.29) is 12.2 Å². The Kier molecular flexibility index (Phi) is 9.77. The van der Waals surface area contributed by atoms with Gasteiger partial charge in [0, 0.05) is 19.1 Å². The molecule has 1 aliphatic heterocycles. The summed E-state index contributed by atoms with van der Waals surface area (Å²) in [7, 11) is -1.17. The fraction of sp³-hybridized carbons (Fsp3) is 0.900. The third kappa shape index (κ3) is 8.35. The van der Waals surface area contributed by atoms with Crippen LogP contribution in [0.4, 0.5) is 0 Å². The van der Waals surface area contributed by atoms with Gasteiger partial charge in [-0.25, -0.2) is 5.01 Å². The van der Waals surface area contributed by atoms with E-state index in [1.54, 1.807) is 0 Å². The maximum atomic E-state index is 8.66. The van der Waals surface area contributed by atoms with Gasteiger partial charge in [0.15, 0.2) is 0 Å². The average molecular weight is 259 g/mol. The van der Waals surface area contributed by atoms with E-state index >= 15 is 0 Å². The number of rotatable bonds is 6. The Morgan fingerprint density at radius 2 is 2.00 bits per heavy atom. The summed E-state index contributed by atoms with van der Waals surface area (Å²) in [5, 5.41) is 19.2. The van der Waals surface area contributed by atoms with Crippen molar-refractivity contribution < 1.29 is 19.6 Å². The van der Waals surface area contributed by atoms with Gasteiger partial charge in [-0.15, -0.1) is 0 Å². The van der Waals surface area contributed by atoms with Crippen LogP contribution in [0.5, 0.6) is 0 Å². The van der Waals surface area contributed by atoms with Crippen molar-refractivity contribution in [3.8, 4) is 0 Å². The Bertz CT molecular complexity index is 249. The fourth-order valence-corrected chi connectivity index (χ4v) is 2.11. The zero-order valence-electron chi connectivity index (χ0n) is 10.5. The first-order chi connectivity index (χ1) is 8.51. The lowest BCUT2D eigenvalue weighted by molar-refractivity contribution is -0.191. The molecule has 104 valence electrons. The van der Waals surface area contributed by atoms with Crippen molar-refractivity contribution >= 4 is 13.3 Å². The smallest absolute Gasteiger partial charge is 0.427 e. The SMILES string of the molecule is NC(CCCCB(O)O)[C@@H]1CCN(N)C1.O=C=O. The normalized spacial score (nSPS) is 20.8. The highest BCUT2D eigenvalue weighted by Gasteiger charge is 2.25. The molecule has 0 amide bonds. The second kappa shape index (κ2) is 10.2. The molecule has 0 spiro atoms. The summed E-state index contributed by atoms with van der Waals surface area (Å²) in [5.41, 5.74) is 6.05. The van der Waals surface area contributed by atoms with Crippen LogP contribution in [0, 0.1) is 5.92 Å². The molecule has 1 aliphatic rings. The summed E-state index contributed by atoms with van der Waals surface area (Å²) in [6.45, 7) is 1.83. The monoisotopic (exact) mass is 259 g/mol. The van der Waals surface area contributed by atoms with Gasteiger partial charge in [-0.2, -0.15) is 9.59 Å². The number of hydrogen-bond acceptors (Lipinski definition) is 7. The Morgan fingerprint density at radius 3 is 2.44 bits per heavy atom. The first kappa shape index (κ1) is 17.2. The Labute approximate surface area is 107 Å². The molecule has 18 heavy (non-hydrogen) atoms. The Balaban J connectivity index is 0.000000873. The molecule has 6 N–H and O–H groups in total. The maximum Gasteiger partial charge on any atom is 0.451 e. The number of nitrogens with two attached hydrogens (primary N) is 2. The quantitative estimate of drug-likeness (QED) is 0.261. The van der Waals surface area contributed by atoms with E-state index in [2.05, 4.69) is 0 Å². The number of carbonyl (C=O) groups excluding carboxylic acids is 2. The molecule has 1 heterocycles. The summed E-state index contributed by atoms with van der Waals surface area (Å²) < 4.78 is 0. The first-order valence-corrected chi connectivity index (χ1v) is 6.11. The van der Waals surface area contributed by atoms with Gasteiger partial charge in [0.2, 0.25) is 0 Å². The molecule has 8 heteroatoms. The van der Waals surface area contributed by atoms with Crippen LogP contribution in [-0.2, 0) is 9.59 Å². The van der Waals surface area contributed by atoms with Gasteiger partial charge in [-0.1, -0.05) is 12.8 Å². The third-order valence-electron chi connectivity index (χ3n) is 3.11. The van der Waals surface area contributed by atoms with E-state index in [9.17, 15) is 0 Å². The van der Waals surface area contributed by atoms with Gasteiger partial charge < -0.3 is 15.8 Å². The van der Waals surface area contributed by atoms with E-state index in [0.29, 0.717) is 12.2 Å². The molecular weight excluding hydrogens is 237 g/mol.